The molecule has 46 heavy (non-hydrogen) atoms. The van der Waals surface area contributed by atoms with Crippen LogP contribution in [-0.4, -0.2) is 56.1 Å². The van der Waals surface area contributed by atoms with Gasteiger partial charge in [0.05, 0.1) is 12.8 Å². The molecule has 1 N–H and O–H groups in total. The molecule has 5 aromatic rings. The van der Waals surface area contributed by atoms with Gasteiger partial charge >= 0.3 is 6.18 Å². The van der Waals surface area contributed by atoms with Gasteiger partial charge in [0.1, 0.15) is 5.65 Å². The molecular formula is C34H32F3N5O3S. The number of nitrogens with one attached hydrogen (secondary N) is 1. The van der Waals surface area contributed by atoms with E-state index in [9.17, 15) is 22.5 Å². The summed E-state index contributed by atoms with van der Waals surface area (Å²) in [4.78, 5) is 25.4. The number of hydrogen-bond acceptors (Lipinski definition) is 7. The van der Waals surface area contributed by atoms with E-state index in [1.165, 1.54) is 16.2 Å². The Balaban J connectivity index is 1.37. The highest BCUT2D eigenvalue weighted by Crippen LogP contribution is 2.30. The fraction of sp³-hybridized carbons (Fsp3) is 0.265. The van der Waals surface area contributed by atoms with Gasteiger partial charge in [-0.05, 0) is 78.4 Å². The average Bonchev–Trinajstić information content (AvgIpc) is 3.51. The van der Waals surface area contributed by atoms with E-state index in [4.69, 9.17) is 4.42 Å². The average molecular weight is 648 g/mol. The number of likely N-dealkylation sites (tertiary alicyclic amines) is 1. The molecule has 0 spiro atoms. The monoisotopic (exact) mass is 647 g/mol. The number of halogens is 3. The summed E-state index contributed by atoms with van der Waals surface area (Å²) < 4.78 is 58.6. The van der Waals surface area contributed by atoms with Crippen molar-refractivity contribution in [3.63, 3.8) is 0 Å². The van der Waals surface area contributed by atoms with Gasteiger partial charge in [-0.15, -0.1) is 0 Å². The lowest BCUT2D eigenvalue weighted by Crippen LogP contribution is -2.30. The minimum Gasteiger partial charge on any atom is -0.611 e. The van der Waals surface area contributed by atoms with Gasteiger partial charge < -0.3 is 19.2 Å². The molecule has 2 unspecified atom stereocenters. The molecule has 0 aliphatic carbocycles. The second kappa shape index (κ2) is 13.1. The highest BCUT2D eigenvalue weighted by molar-refractivity contribution is 7.91. The van der Waals surface area contributed by atoms with E-state index in [1.54, 1.807) is 12.3 Å². The third kappa shape index (κ3) is 7.04. The second-order valence-electron chi connectivity index (χ2n) is 11.4. The molecule has 0 amide bonds. The highest BCUT2D eigenvalue weighted by Gasteiger charge is 2.37. The lowest BCUT2D eigenvalue weighted by atomic mass is 9.91. The predicted molar refractivity (Wildman–Crippen MR) is 173 cm³/mol. The molecule has 3 aromatic heterocycles. The van der Waals surface area contributed by atoms with Crippen molar-refractivity contribution in [3.05, 3.63) is 119 Å². The zero-order chi connectivity index (χ0) is 32.4. The maximum atomic E-state index is 14.0. The summed E-state index contributed by atoms with van der Waals surface area (Å²) >= 11 is -2.43. The number of pyridine rings is 1. The second-order valence-corrected chi connectivity index (χ2v) is 12.8. The van der Waals surface area contributed by atoms with Gasteiger partial charge in [0.15, 0.2) is 10.7 Å². The van der Waals surface area contributed by atoms with Crippen molar-refractivity contribution in [2.24, 2.45) is 0 Å². The number of likely N-dealkylation sites (N-methyl/N-ethyl adjacent to an activating group) is 1. The molecule has 1 fully saturated rings. The summed E-state index contributed by atoms with van der Waals surface area (Å²) in [6.45, 7) is 5.95. The number of anilines is 2. The third-order valence-corrected chi connectivity index (χ3v) is 9.53. The first-order chi connectivity index (χ1) is 22.1. The SMILES string of the molecule is C=C(c1ccccc1)c1cc2cnc(Nc3ccc(C4CCCN(C)C4)cc3)nc2n(Cc2occc2[S+]([O-])CC(F)(F)F)c1=O. The number of piperidine rings is 1. The quantitative estimate of drug-likeness (QED) is 0.178. The molecule has 0 radical (unpaired) electrons. The molecule has 8 nitrogen and oxygen atoms in total. The molecule has 2 atom stereocenters. The molecule has 12 heteroatoms. The molecule has 4 heterocycles. The number of rotatable bonds is 9. The van der Waals surface area contributed by atoms with Gasteiger partial charge in [0.2, 0.25) is 11.7 Å². The Hall–Kier alpha value is -4.39. The Bertz CT molecular complexity index is 1910. The first-order valence-corrected chi connectivity index (χ1v) is 16.1. The molecule has 0 saturated carbocycles. The topological polar surface area (TPSA) is 99.2 Å². The van der Waals surface area contributed by atoms with Crippen LogP contribution in [-0.2, 0) is 17.7 Å². The number of aromatic nitrogens is 3. The van der Waals surface area contributed by atoms with E-state index in [0.717, 1.165) is 43.4 Å². The van der Waals surface area contributed by atoms with Gasteiger partial charge in [-0.1, -0.05) is 49.0 Å². The van der Waals surface area contributed by atoms with Crippen LogP contribution in [0.5, 0.6) is 0 Å². The Morgan fingerprint density at radius 1 is 1.15 bits per heavy atom. The number of nitrogens with zero attached hydrogens (tertiary/aromatic N) is 4. The van der Waals surface area contributed by atoms with E-state index in [0.29, 0.717) is 16.9 Å². The Kier molecular flexibility index (Phi) is 9.03. The van der Waals surface area contributed by atoms with Gasteiger partial charge in [-0.3, -0.25) is 9.36 Å². The molecule has 1 saturated heterocycles. The van der Waals surface area contributed by atoms with Crippen molar-refractivity contribution in [1.82, 2.24) is 19.4 Å². The van der Waals surface area contributed by atoms with Crippen molar-refractivity contribution in [2.75, 3.05) is 31.2 Å². The van der Waals surface area contributed by atoms with Crippen molar-refractivity contribution in [2.45, 2.75) is 36.4 Å². The minimum atomic E-state index is -4.64. The third-order valence-electron chi connectivity index (χ3n) is 8.08. The zero-order valence-electron chi connectivity index (χ0n) is 25.1. The van der Waals surface area contributed by atoms with Crippen LogP contribution in [0.4, 0.5) is 24.8 Å². The fourth-order valence-electron chi connectivity index (χ4n) is 5.80. The van der Waals surface area contributed by atoms with E-state index in [2.05, 4.69) is 45.9 Å². The molecule has 1 aliphatic heterocycles. The smallest absolute Gasteiger partial charge is 0.433 e. The van der Waals surface area contributed by atoms with Gasteiger partial charge in [-0.25, -0.2) is 4.98 Å². The maximum absolute atomic E-state index is 14.0. The van der Waals surface area contributed by atoms with Crippen LogP contribution in [0.1, 0.15) is 41.2 Å². The lowest BCUT2D eigenvalue weighted by molar-refractivity contribution is -0.106. The number of hydrogen-bond donors (Lipinski definition) is 1. The van der Waals surface area contributed by atoms with Crippen molar-refractivity contribution >= 4 is 39.4 Å². The highest BCUT2D eigenvalue weighted by atomic mass is 32.2. The Morgan fingerprint density at radius 2 is 1.91 bits per heavy atom. The zero-order valence-corrected chi connectivity index (χ0v) is 25.9. The molecule has 238 valence electrons. The number of fused-ring (bicyclic) bond motifs is 1. The first kappa shape index (κ1) is 31.6. The summed E-state index contributed by atoms with van der Waals surface area (Å²) in [5, 5.41) is 3.70. The standard InChI is InChI=1S/C34H32F3N5O3S/c1-22(23-7-4-3-5-8-23)28-17-26-18-38-33(39-27-12-10-24(11-13-27)25-9-6-15-41(2)19-25)40-31(26)42(32(28)43)20-29-30(14-16-45-29)46(44)21-34(35,36)37/h3-5,7-8,10-14,16-18,25H,1,6,9,15,19-21H2,2H3,(H,38,39,40). The van der Waals surface area contributed by atoms with E-state index < -0.39 is 28.7 Å². The van der Waals surface area contributed by atoms with Crippen LogP contribution < -0.4 is 10.9 Å². The Labute approximate surface area is 266 Å². The summed E-state index contributed by atoms with van der Waals surface area (Å²) in [6.07, 6.45) is 0.388. The van der Waals surface area contributed by atoms with Crippen LogP contribution in [0.2, 0.25) is 0 Å². The van der Waals surface area contributed by atoms with Crippen LogP contribution in [0.3, 0.4) is 0 Å². The Morgan fingerprint density at radius 3 is 2.63 bits per heavy atom. The van der Waals surface area contributed by atoms with Gasteiger partial charge in [0, 0.05) is 35.4 Å². The van der Waals surface area contributed by atoms with Crippen molar-refractivity contribution in [3.8, 4) is 0 Å². The number of benzene rings is 2. The van der Waals surface area contributed by atoms with Gasteiger partial charge in [-0.2, -0.15) is 18.2 Å². The first-order valence-electron chi connectivity index (χ1n) is 14.8. The van der Waals surface area contributed by atoms with E-state index >= 15 is 0 Å². The van der Waals surface area contributed by atoms with Gasteiger partial charge in [0.25, 0.3) is 5.56 Å². The summed E-state index contributed by atoms with van der Waals surface area (Å²) in [5.41, 5.74) is 3.18. The van der Waals surface area contributed by atoms with Crippen LogP contribution >= 0.6 is 0 Å². The molecular weight excluding hydrogens is 615 g/mol. The predicted octanol–water partition coefficient (Wildman–Crippen LogP) is 6.72. The molecule has 6 rings (SSSR count). The van der Waals surface area contributed by atoms with Crippen molar-refractivity contribution < 1.29 is 22.1 Å². The lowest BCUT2D eigenvalue weighted by Gasteiger charge is -2.30. The largest absolute Gasteiger partial charge is 0.611 e. The summed E-state index contributed by atoms with van der Waals surface area (Å²) in [5.74, 6) is -0.880. The molecule has 2 aromatic carbocycles. The summed E-state index contributed by atoms with van der Waals surface area (Å²) in [7, 11) is 2.13. The minimum absolute atomic E-state index is 0.0366. The molecule has 0 bridgehead atoms. The van der Waals surface area contributed by atoms with E-state index in [1.807, 2.05) is 42.5 Å². The van der Waals surface area contributed by atoms with E-state index in [-0.39, 0.29) is 34.4 Å². The summed E-state index contributed by atoms with van der Waals surface area (Å²) in [6, 6.07) is 20.1. The normalized spacial score (nSPS) is 16.4. The van der Waals surface area contributed by atoms with Crippen molar-refractivity contribution in [1.29, 1.82) is 0 Å². The maximum Gasteiger partial charge on any atom is 0.433 e. The van der Waals surface area contributed by atoms with Crippen LogP contribution in [0, 0.1) is 0 Å². The van der Waals surface area contributed by atoms with Crippen LogP contribution in [0.15, 0.2) is 99.9 Å². The van der Waals surface area contributed by atoms with Crippen LogP contribution in [0.25, 0.3) is 16.6 Å². The fourth-order valence-corrected chi connectivity index (χ4v) is 6.83. The number of furan rings is 1. The number of alkyl halides is 3. The molecule has 1 aliphatic rings.